The van der Waals surface area contributed by atoms with Crippen molar-refractivity contribution in [3.05, 3.63) is 18.0 Å². The van der Waals surface area contributed by atoms with Crippen molar-refractivity contribution in [1.29, 1.82) is 0 Å². The van der Waals surface area contributed by atoms with Crippen LogP contribution in [0.4, 0.5) is 5.95 Å². The molecule has 1 aromatic rings. The van der Waals surface area contributed by atoms with Gasteiger partial charge in [-0.2, -0.15) is 0 Å². The molecule has 2 atom stereocenters. The average Bonchev–Trinajstić information content (AvgIpc) is 2.53. The molecular formula is C8H10BrN3O. The van der Waals surface area contributed by atoms with Gasteiger partial charge in [0.2, 0.25) is 5.95 Å². The fraction of sp³-hybridized carbons (Fsp3) is 0.500. The minimum Gasteiger partial charge on any atom is -0.372 e. The van der Waals surface area contributed by atoms with E-state index in [2.05, 4.69) is 25.9 Å². The van der Waals surface area contributed by atoms with E-state index < -0.39 is 0 Å². The van der Waals surface area contributed by atoms with E-state index in [1.807, 2.05) is 0 Å². The Morgan fingerprint density at radius 2 is 2.15 bits per heavy atom. The van der Waals surface area contributed by atoms with Gasteiger partial charge in [0.15, 0.2) is 0 Å². The van der Waals surface area contributed by atoms with E-state index in [0.717, 1.165) is 18.6 Å². The van der Waals surface area contributed by atoms with Crippen LogP contribution in [-0.2, 0) is 4.74 Å². The van der Waals surface area contributed by atoms with Crippen molar-refractivity contribution in [3.8, 4) is 0 Å². The number of nitrogens with two attached hydrogens (primary N) is 1. The Balaban J connectivity index is 2.13. The zero-order chi connectivity index (χ0) is 9.26. The first kappa shape index (κ1) is 8.90. The highest BCUT2D eigenvalue weighted by Crippen LogP contribution is 2.31. The summed E-state index contributed by atoms with van der Waals surface area (Å²) in [4.78, 5) is 8.28. The lowest BCUT2D eigenvalue weighted by atomic mass is 10.1. The Bertz CT molecular complexity index is 290. The van der Waals surface area contributed by atoms with Gasteiger partial charge < -0.3 is 10.5 Å². The molecule has 2 rings (SSSR count). The van der Waals surface area contributed by atoms with Gasteiger partial charge in [0.05, 0.1) is 12.7 Å². The van der Waals surface area contributed by atoms with Crippen molar-refractivity contribution in [3.63, 3.8) is 0 Å². The summed E-state index contributed by atoms with van der Waals surface area (Å²) in [5, 5.41) is 0. The molecule has 2 unspecified atom stereocenters. The van der Waals surface area contributed by atoms with E-state index in [9.17, 15) is 0 Å². The monoisotopic (exact) mass is 243 g/mol. The molecule has 0 amide bonds. The standard InChI is InChI=1S/C8H10BrN3O/c9-6-1-7(13-4-6)5-2-11-8(10)12-3-5/h2-3,6-7H,1,4H2,(H2,10,11,12). The molecule has 0 spiro atoms. The minimum absolute atomic E-state index is 0.116. The number of hydrogen-bond acceptors (Lipinski definition) is 4. The molecule has 2 N–H and O–H groups in total. The van der Waals surface area contributed by atoms with E-state index in [-0.39, 0.29) is 6.10 Å². The van der Waals surface area contributed by atoms with Crippen LogP contribution in [0.25, 0.3) is 0 Å². The van der Waals surface area contributed by atoms with Crippen molar-refractivity contribution in [2.24, 2.45) is 0 Å². The molecule has 2 heterocycles. The summed E-state index contributed by atoms with van der Waals surface area (Å²) in [5.41, 5.74) is 6.38. The van der Waals surface area contributed by atoms with Gasteiger partial charge in [-0.25, -0.2) is 9.97 Å². The van der Waals surface area contributed by atoms with Crippen molar-refractivity contribution < 1.29 is 4.74 Å². The van der Waals surface area contributed by atoms with Crippen LogP contribution in [-0.4, -0.2) is 21.4 Å². The quantitative estimate of drug-likeness (QED) is 0.756. The molecule has 5 heteroatoms. The van der Waals surface area contributed by atoms with Gasteiger partial charge in [0, 0.05) is 22.8 Å². The molecule has 0 aliphatic carbocycles. The first-order valence-corrected chi connectivity index (χ1v) is 5.00. The number of aromatic nitrogens is 2. The van der Waals surface area contributed by atoms with Crippen molar-refractivity contribution in [1.82, 2.24) is 9.97 Å². The van der Waals surface area contributed by atoms with Crippen LogP contribution in [0, 0.1) is 0 Å². The smallest absolute Gasteiger partial charge is 0.219 e. The van der Waals surface area contributed by atoms with Gasteiger partial charge in [0.25, 0.3) is 0 Å². The Kier molecular flexibility index (Phi) is 2.46. The van der Waals surface area contributed by atoms with E-state index in [4.69, 9.17) is 10.5 Å². The number of rotatable bonds is 1. The van der Waals surface area contributed by atoms with Gasteiger partial charge in [-0.05, 0) is 6.42 Å². The van der Waals surface area contributed by atoms with E-state index >= 15 is 0 Å². The molecule has 13 heavy (non-hydrogen) atoms. The molecule has 0 radical (unpaired) electrons. The third-order valence-corrected chi connectivity index (χ3v) is 2.65. The van der Waals surface area contributed by atoms with Gasteiger partial charge in [-0.15, -0.1) is 0 Å². The Labute approximate surface area is 84.6 Å². The zero-order valence-electron chi connectivity index (χ0n) is 6.98. The SMILES string of the molecule is Nc1ncc(C2CC(Br)CO2)cn1. The van der Waals surface area contributed by atoms with Crippen molar-refractivity contribution >= 4 is 21.9 Å². The summed E-state index contributed by atoms with van der Waals surface area (Å²) < 4.78 is 5.52. The average molecular weight is 244 g/mol. The van der Waals surface area contributed by atoms with Crippen molar-refractivity contribution in [2.75, 3.05) is 12.3 Å². The summed E-state index contributed by atoms with van der Waals surface area (Å²) in [6.45, 7) is 0.745. The van der Waals surface area contributed by atoms with Crippen LogP contribution >= 0.6 is 15.9 Å². The van der Waals surface area contributed by atoms with E-state index in [1.54, 1.807) is 12.4 Å². The normalized spacial score (nSPS) is 27.8. The van der Waals surface area contributed by atoms with E-state index in [1.165, 1.54) is 0 Å². The third-order valence-electron chi connectivity index (χ3n) is 2.01. The van der Waals surface area contributed by atoms with Crippen LogP contribution < -0.4 is 5.73 Å². The van der Waals surface area contributed by atoms with Crippen LogP contribution in [0.2, 0.25) is 0 Å². The summed E-state index contributed by atoms with van der Waals surface area (Å²) in [6.07, 6.45) is 4.52. The lowest BCUT2D eigenvalue weighted by Gasteiger charge is -2.07. The molecule has 0 aromatic carbocycles. The summed E-state index contributed by atoms with van der Waals surface area (Å²) >= 11 is 3.50. The highest BCUT2D eigenvalue weighted by atomic mass is 79.9. The topological polar surface area (TPSA) is 61.0 Å². The highest BCUT2D eigenvalue weighted by Gasteiger charge is 2.24. The molecule has 0 saturated carbocycles. The first-order chi connectivity index (χ1) is 6.25. The molecular weight excluding hydrogens is 234 g/mol. The molecule has 1 aromatic heterocycles. The van der Waals surface area contributed by atoms with Crippen molar-refractivity contribution in [2.45, 2.75) is 17.4 Å². The van der Waals surface area contributed by atoms with Crippen LogP contribution in [0.3, 0.4) is 0 Å². The maximum atomic E-state index is 5.52. The number of alkyl halides is 1. The predicted molar refractivity (Wildman–Crippen MR) is 52.5 cm³/mol. The molecule has 70 valence electrons. The number of nitrogens with zero attached hydrogens (tertiary/aromatic N) is 2. The maximum absolute atomic E-state index is 5.52. The summed E-state index contributed by atoms with van der Waals surface area (Å²) in [5.74, 6) is 0.303. The van der Waals surface area contributed by atoms with Gasteiger partial charge in [0.1, 0.15) is 0 Å². The number of hydrogen-bond donors (Lipinski definition) is 1. The molecule has 1 fully saturated rings. The van der Waals surface area contributed by atoms with Crippen LogP contribution in [0.15, 0.2) is 12.4 Å². The molecule has 1 saturated heterocycles. The predicted octanol–water partition coefficient (Wildman–Crippen LogP) is 1.28. The lowest BCUT2D eigenvalue weighted by Crippen LogP contribution is -2.00. The van der Waals surface area contributed by atoms with Gasteiger partial charge in [-0.3, -0.25) is 0 Å². The Hall–Kier alpha value is -0.680. The Morgan fingerprint density at radius 1 is 1.46 bits per heavy atom. The second-order valence-corrected chi connectivity index (χ2v) is 4.32. The highest BCUT2D eigenvalue weighted by molar-refractivity contribution is 9.09. The number of anilines is 1. The zero-order valence-corrected chi connectivity index (χ0v) is 8.57. The number of halogens is 1. The van der Waals surface area contributed by atoms with Crippen LogP contribution in [0.1, 0.15) is 18.1 Å². The summed E-state index contributed by atoms with van der Waals surface area (Å²) in [7, 11) is 0. The van der Waals surface area contributed by atoms with Crippen LogP contribution in [0.5, 0.6) is 0 Å². The fourth-order valence-corrected chi connectivity index (χ4v) is 1.83. The largest absolute Gasteiger partial charge is 0.372 e. The maximum Gasteiger partial charge on any atom is 0.219 e. The second kappa shape index (κ2) is 3.59. The number of ether oxygens (including phenoxy) is 1. The molecule has 1 aliphatic heterocycles. The minimum atomic E-state index is 0.116. The number of nitrogen functional groups attached to an aromatic ring is 1. The first-order valence-electron chi connectivity index (χ1n) is 4.09. The lowest BCUT2D eigenvalue weighted by molar-refractivity contribution is 0.112. The summed E-state index contributed by atoms with van der Waals surface area (Å²) in [6, 6.07) is 0. The van der Waals surface area contributed by atoms with Gasteiger partial charge >= 0.3 is 0 Å². The van der Waals surface area contributed by atoms with E-state index in [0.29, 0.717) is 10.8 Å². The Morgan fingerprint density at radius 3 is 2.69 bits per heavy atom. The third kappa shape index (κ3) is 1.97. The molecule has 4 nitrogen and oxygen atoms in total. The fourth-order valence-electron chi connectivity index (χ4n) is 1.34. The molecule has 1 aliphatic rings. The van der Waals surface area contributed by atoms with Gasteiger partial charge in [-0.1, -0.05) is 15.9 Å². The molecule has 0 bridgehead atoms. The second-order valence-electron chi connectivity index (χ2n) is 3.03.